The summed E-state index contributed by atoms with van der Waals surface area (Å²) >= 11 is 0. The van der Waals surface area contributed by atoms with E-state index in [1.54, 1.807) is 11.1 Å². The molecular weight excluding hydrogens is 630 g/mol. The van der Waals surface area contributed by atoms with Crippen molar-refractivity contribution in [1.29, 1.82) is 0 Å². The summed E-state index contributed by atoms with van der Waals surface area (Å²) in [5.41, 5.74) is -0.611. The fourth-order valence-corrected chi connectivity index (χ4v) is 8.29. The zero-order chi connectivity index (χ0) is 33.3. The van der Waals surface area contributed by atoms with Gasteiger partial charge in [0.05, 0.1) is 11.8 Å². The van der Waals surface area contributed by atoms with Crippen LogP contribution >= 0.6 is 0 Å². The number of allylic oxidation sites excluding steroid dienone is 1. The Hall–Kier alpha value is -4.45. The van der Waals surface area contributed by atoms with Gasteiger partial charge in [-0.25, -0.2) is 13.4 Å². The minimum Gasteiger partial charge on any atom is -0.472 e. The third-order valence-electron chi connectivity index (χ3n) is 9.87. The number of carbonyl (C=O) groups excluding carboxylic acids is 3. The highest BCUT2D eigenvalue weighted by Gasteiger charge is 2.62. The molecule has 11 nitrogen and oxygen atoms in total. The molecule has 4 aliphatic rings. The van der Waals surface area contributed by atoms with Gasteiger partial charge in [-0.2, -0.15) is 0 Å². The van der Waals surface area contributed by atoms with E-state index in [1.807, 2.05) is 72.8 Å². The van der Waals surface area contributed by atoms with E-state index in [4.69, 9.17) is 4.74 Å². The van der Waals surface area contributed by atoms with Crippen LogP contribution in [-0.4, -0.2) is 71.5 Å². The molecular formula is C36H41N5O6S. The molecule has 3 N–H and O–H groups in total. The van der Waals surface area contributed by atoms with E-state index >= 15 is 0 Å². The predicted octanol–water partition coefficient (Wildman–Crippen LogP) is 4.07. The van der Waals surface area contributed by atoms with E-state index in [2.05, 4.69) is 20.3 Å². The second-order valence-electron chi connectivity index (χ2n) is 13.4. The maximum Gasteiger partial charge on any atom is 0.259 e. The van der Waals surface area contributed by atoms with Gasteiger partial charge in [0.1, 0.15) is 23.7 Å². The van der Waals surface area contributed by atoms with Crippen LogP contribution in [-0.2, 0) is 24.4 Å². The van der Waals surface area contributed by atoms with Crippen LogP contribution in [0.2, 0.25) is 0 Å². The molecule has 12 heteroatoms. The lowest BCUT2D eigenvalue weighted by molar-refractivity contribution is -0.140. The minimum atomic E-state index is -3.83. The molecule has 3 heterocycles. The van der Waals surface area contributed by atoms with Gasteiger partial charge in [-0.05, 0) is 68.2 Å². The lowest BCUT2D eigenvalue weighted by atomic mass is 10.0. The first kappa shape index (κ1) is 32.1. The predicted molar refractivity (Wildman–Crippen MR) is 181 cm³/mol. The first-order valence-electron chi connectivity index (χ1n) is 16.9. The molecule has 7 rings (SSSR count). The van der Waals surface area contributed by atoms with Gasteiger partial charge < -0.3 is 20.3 Å². The Bertz CT molecular complexity index is 1830. The second kappa shape index (κ2) is 13.2. The minimum absolute atomic E-state index is 0.146. The zero-order valence-corrected chi connectivity index (χ0v) is 27.5. The molecule has 2 saturated carbocycles. The molecule has 48 heavy (non-hydrogen) atoms. The molecule has 0 unspecified atom stereocenters. The quantitative estimate of drug-likeness (QED) is 0.319. The van der Waals surface area contributed by atoms with Gasteiger partial charge in [0, 0.05) is 29.6 Å². The van der Waals surface area contributed by atoms with Crippen molar-refractivity contribution in [3.05, 3.63) is 79.0 Å². The van der Waals surface area contributed by atoms with Gasteiger partial charge >= 0.3 is 0 Å². The summed E-state index contributed by atoms with van der Waals surface area (Å²) in [5.74, 6) is -1.41. The fourth-order valence-electron chi connectivity index (χ4n) is 6.93. The normalized spacial score (nSPS) is 28.6. The average molecular weight is 672 g/mol. The summed E-state index contributed by atoms with van der Waals surface area (Å²) in [7, 11) is -3.83. The highest BCUT2D eigenvalue weighted by atomic mass is 32.2. The number of aromatic nitrogens is 1. The number of para-hydroxylation sites is 1. The number of sulfonamides is 1. The highest BCUT2D eigenvalue weighted by molar-refractivity contribution is 7.91. The maximum atomic E-state index is 14.4. The lowest BCUT2D eigenvalue weighted by Crippen LogP contribution is -2.57. The van der Waals surface area contributed by atoms with E-state index in [-0.39, 0.29) is 31.2 Å². The molecule has 0 spiro atoms. The number of benzene rings is 2. The Morgan fingerprint density at radius 2 is 1.77 bits per heavy atom. The molecule has 3 aromatic rings. The number of carbonyl (C=O) groups is 3. The van der Waals surface area contributed by atoms with E-state index in [1.165, 1.54) is 0 Å². The molecule has 3 fully saturated rings. The van der Waals surface area contributed by atoms with Crippen LogP contribution in [0.5, 0.6) is 5.88 Å². The van der Waals surface area contributed by atoms with Crippen LogP contribution in [0, 0.1) is 5.92 Å². The van der Waals surface area contributed by atoms with Crippen LogP contribution in [0.4, 0.5) is 5.69 Å². The number of hydrogen-bond donors (Lipinski definition) is 3. The maximum absolute atomic E-state index is 14.4. The number of nitrogens with zero attached hydrogens (tertiary/aromatic N) is 2. The lowest BCUT2D eigenvalue weighted by Gasteiger charge is -2.30. The molecule has 5 atom stereocenters. The van der Waals surface area contributed by atoms with Crippen molar-refractivity contribution in [2.75, 3.05) is 11.9 Å². The van der Waals surface area contributed by atoms with Crippen molar-refractivity contribution < 1.29 is 27.5 Å². The Labute approximate surface area is 280 Å². The Kier molecular flexibility index (Phi) is 8.84. The summed E-state index contributed by atoms with van der Waals surface area (Å²) in [6, 6.07) is 17.6. The fraction of sp³-hybridized carbons (Fsp3) is 0.444. The molecule has 2 aromatic carbocycles. The van der Waals surface area contributed by atoms with Crippen LogP contribution in [0.25, 0.3) is 10.8 Å². The Morgan fingerprint density at radius 3 is 2.58 bits per heavy atom. The number of pyridine rings is 1. The van der Waals surface area contributed by atoms with Crippen molar-refractivity contribution in [2.45, 2.75) is 86.8 Å². The van der Waals surface area contributed by atoms with E-state index in [0.717, 1.165) is 42.1 Å². The van der Waals surface area contributed by atoms with E-state index in [0.29, 0.717) is 25.1 Å². The topological polar surface area (TPSA) is 147 Å². The van der Waals surface area contributed by atoms with Gasteiger partial charge in [0.2, 0.25) is 27.7 Å². The monoisotopic (exact) mass is 671 g/mol. The van der Waals surface area contributed by atoms with Gasteiger partial charge in [-0.15, -0.1) is 0 Å². The number of hydrogen-bond acceptors (Lipinski definition) is 8. The number of nitrogens with one attached hydrogen (secondary N) is 3. The van der Waals surface area contributed by atoms with Gasteiger partial charge in [0.25, 0.3) is 5.91 Å². The number of anilines is 1. The van der Waals surface area contributed by atoms with Crippen molar-refractivity contribution >= 4 is 44.2 Å². The Morgan fingerprint density at radius 1 is 0.979 bits per heavy atom. The summed E-state index contributed by atoms with van der Waals surface area (Å²) in [6.07, 6.45) is 10.5. The van der Waals surface area contributed by atoms with Crippen molar-refractivity contribution in [1.82, 2.24) is 19.9 Å². The molecule has 1 saturated heterocycles. The molecule has 3 amide bonds. The van der Waals surface area contributed by atoms with Crippen molar-refractivity contribution in [3.8, 4) is 5.88 Å². The largest absolute Gasteiger partial charge is 0.472 e. The summed E-state index contributed by atoms with van der Waals surface area (Å²) < 4.78 is 34.2. The smallest absolute Gasteiger partial charge is 0.259 e. The molecule has 1 aromatic heterocycles. The third kappa shape index (κ3) is 6.76. The number of fused-ring (bicyclic) bond motifs is 3. The molecule has 2 aliphatic carbocycles. The van der Waals surface area contributed by atoms with Gasteiger partial charge in [-0.1, -0.05) is 61.4 Å². The van der Waals surface area contributed by atoms with Gasteiger partial charge in [0.15, 0.2) is 0 Å². The van der Waals surface area contributed by atoms with Crippen LogP contribution in [0.15, 0.2) is 79.0 Å². The van der Waals surface area contributed by atoms with Gasteiger partial charge in [-0.3, -0.25) is 19.1 Å². The third-order valence-corrected chi connectivity index (χ3v) is 11.7. The molecule has 252 valence electrons. The number of ether oxygens (including phenoxy) is 1. The van der Waals surface area contributed by atoms with E-state index < -0.39 is 50.8 Å². The second-order valence-corrected chi connectivity index (χ2v) is 15.4. The first-order chi connectivity index (χ1) is 23.2. The summed E-state index contributed by atoms with van der Waals surface area (Å²) in [6.45, 7) is 0.146. The number of amides is 3. The van der Waals surface area contributed by atoms with E-state index in [9.17, 15) is 22.8 Å². The molecule has 0 radical (unpaired) electrons. The first-order valence-corrected chi connectivity index (χ1v) is 18.5. The SMILES string of the molecule is O=C1N[C@]2(C(=O)NS(=O)(=O)C3CC3)C[C@@H]2/C=C\CCCCC[C@H](Nc2ccccc2)C(=O)N2C[C@H](Oc3nccc4ccccc34)C[C@@H]12. The zero-order valence-electron chi connectivity index (χ0n) is 26.7. The number of rotatable bonds is 7. The van der Waals surface area contributed by atoms with Crippen LogP contribution in [0.1, 0.15) is 57.8 Å². The van der Waals surface area contributed by atoms with Crippen LogP contribution in [0.3, 0.4) is 0 Å². The average Bonchev–Trinajstić information content (AvgIpc) is 4.01. The highest BCUT2D eigenvalue weighted by Crippen LogP contribution is 2.46. The van der Waals surface area contributed by atoms with Crippen molar-refractivity contribution in [2.24, 2.45) is 5.92 Å². The van der Waals surface area contributed by atoms with Crippen molar-refractivity contribution in [3.63, 3.8) is 0 Å². The standard InChI is InChI=1S/C36H41N5O6S/c42-32-31-21-27(47-33-29-15-10-9-11-24(29)19-20-37-33)23-41(31)34(43)30(38-26-13-6-4-7-14-26)16-8-3-1-2-5-12-25-22-36(25,39-32)35(44)40-48(45,46)28-17-18-28/h4-7,9-15,19-20,25,27-28,30-31,38H,1-3,8,16-18,21-23H2,(H,39,42)(H,40,44)/b12-5-/t25-,27+,30-,31-,36+/m0/s1. The summed E-state index contributed by atoms with van der Waals surface area (Å²) in [4.78, 5) is 48.4. The molecule has 0 bridgehead atoms. The summed E-state index contributed by atoms with van der Waals surface area (Å²) in [5, 5.41) is 7.54. The Balaban J connectivity index is 1.19. The van der Waals surface area contributed by atoms with Crippen LogP contribution < -0.4 is 20.1 Å². The molecule has 2 aliphatic heterocycles.